The van der Waals surface area contributed by atoms with Gasteiger partial charge in [-0.1, -0.05) is 41.5 Å². The third-order valence-electron chi connectivity index (χ3n) is 3.06. The van der Waals surface area contributed by atoms with Crippen LogP contribution in [0, 0.1) is 0 Å². The lowest BCUT2D eigenvalue weighted by atomic mass is 10.2. The van der Waals surface area contributed by atoms with Crippen LogP contribution in [0.4, 0.5) is 0 Å². The summed E-state index contributed by atoms with van der Waals surface area (Å²) in [5, 5.41) is 0. The number of ether oxygens (including phenoxy) is 1. The predicted molar refractivity (Wildman–Crippen MR) is 66.9 cm³/mol. The van der Waals surface area contributed by atoms with Crippen molar-refractivity contribution in [3.63, 3.8) is 0 Å². The van der Waals surface area contributed by atoms with Crippen LogP contribution < -0.4 is 0 Å². The van der Waals surface area contributed by atoms with Gasteiger partial charge in [0.1, 0.15) is 6.61 Å². The molecule has 0 atom stereocenters. The van der Waals surface area contributed by atoms with E-state index in [1.54, 1.807) is 0 Å². The van der Waals surface area contributed by atoms with Crippen molar-refractivity contribution in [2.45, 2.75) is 33.3 Å². The summed E-state index contributed by atoms with van der Waals surface area (Å²) >= 11 is 0. The van der Waals surface area contributed by atoms with Gasteiger partial charge in [-0.25, -0.2) is 0 Å². The molecule has 1 nitrogen and oxygen atoms in total. The fourth-order valence-electron chi connectivity index (χ4n) is 1.96. The van der Waals surface area contributed by atoms with Gasteiger partial charge in [0.25, 0.3) is 0 Å². The summed E-state index contributed by atoms with van der Waals surface area (Å²) in [6.45, 7) is 5.07. The predicted octanol–water partition coefficient (Wildman–Crippen LogP) is 4.22. The van der Waals surface area contributed by atoms with Gasteiger partial charge >= 0.3 is 0 Å². The second kappa shape index (κ2) is 5.02. The van der Waals surface area contributed by atoms with Crippen molar-refractivity contribution in [2.75, 3.05) is 0 Å². The number of allylic oxidation sites excluding steroid dienone is 3. The summed E-state index contributed by atoms with van der Waals surface area (Å²) in [7, 11) is 0. The topological polar surface area (TPSA) is 9.23 Å². The van der Waals surface area contributed by atoms with Crippen molar-refractivity contribution in [1.82, 2.24) is 0 Å². The molecule has 0 fully saturated rings. The molecule has 1 heteroatoms. The first kappa shape index (κ1) is 11.0. The van der Waals surface area contributed by atoms with E-state index in [-0.39, 0.29) is 0 Å². The second-order valence-electron chi connectivity index (χ2n) is 4.49. The summed E-state index contributed by atoms with van der Waals surface area (Å²) < 4.78 is 5.61. The van der Waals surface area contributed by atoms with Gasteiger partial charge in [0.05, 0.1) is 6.26 Å². The summed E-state index contributed by atoms with van der Waals surface area (Å²) in [5.74, 6) is 0. The van der Waals surface area contributed by atoms with Crippen LogP contribution in [-0.4, -0.2) is 0 Å². The Labute approximate surface area is 97.4 Å². The molecule has 0 radical (unpaired) electrons. The fraction of sp³-hybridized carbons (Fsp3) is 0.333. The van der Waals surface area contributed by atoms with Gasteiger partial charge in [-0.15, -0.1) is 0 Å². The lowest BCUT2D eigenvalue weighted by Crippen LogP contribution is -1.87. The third kappa shape index (κ3) is 2.75. The van der Waals surface area contributed by atoms with Crippen LogP contribution in [0.15, 0.2) is 53.3 Å². The minimum absolute atomic E-state index is 0.669. The third-order valence-corrected chi connectivity index (χ3v) is 3.06. The molecular weight excluding hydrogens is 196 g/mol. The van der Waals surface area contributed by atoms with Crippen molar-refractivity contribution in [1.29, 1.82) is 0 Å². The number of rotatable bonds is 3. The molecule has 0 bridgehead atoms. The van der Waals surface area contributed by atoms with Gasteiger partial charge in [0, 0.05) is 0 Å². The van der Waals surface area contributed by atoms with Gasteiger partial charge in [0.15, 0.2) is 0 Å². The minimum atomic E-state index is 0.669. The number of hydrogen-bond acceptors (Lipinski definition) is 1. The Bertz CT molecular complexity index is 396. The molecule has 1 aliphatic carbocycles. The molecule has 0 saturated carbocycles. The van der Waals surface area contributed by atoms with Crippen LogP contribution >= 0.6 is 0 Å². The quantitative estimate of drug-likeness (QED) is 0.541. The molecule has 0 N–H and O–H groups in total. The highest BCUT2D eigenvalue weighted by atomic mass is 16.5. The smallest absolute Gasteiger partial charge is 0.112 e. The molecule has 2 rings (SSSR count). The van der Waals surface area contributed by atoms with E-state index in [2.05, 4.69) is 26.0 Å². The SMILES string of the molecule is CC1=C(C)CC(=COCc2ccccc2)C1. The van der Waals surface area contributed by atoms with Crippen molar-refractivity contribution >= 4 is 0 Å². The van der Waals surface area contributed by atoms with E-state index in [1.165, 1.54) is 22.3 Å². The Balaban J connectivity index is 1.84. The highest BCUT2D eigenvalue weighted by Gasteiger charge is 2.11. The maximum Gasteiger partial charge on any atom is 0.112 e. The Morgan fingerprint density at radius 1 is 1.06 bits per heavy atom. The first-order chi connectivity index (χ1) is 7.75. The molecule has 0 spiro atoms. The zero-order valence-corrected chi connectivity index (χ0v) is 9.99. The van der Waals surface area contributed by atoms with Crippen LogP contribution in [0.5, 0.6) is 0 Å². The van der Waals surface area contributed by atoms with Crippen molar-refractivity contribution in [2.24, 2.45) is 0 Å². The Hall–Kier alpha value is -1.50. The number of benzene rings is 1. The van der Waals surface area contributed by atoms with E-state index in [1.807, 2.05) is 24.5 Å². The number of hydrogen-bond donors (Lipinski definition) is 0. The Morgan fingerprint density at radius 2 is 1.69 bits per heavy atom. The molecule has 1 aromatic rings. The molecule has 0 aliphatic heterocycles. The summed E-state index contributed by atoms with van der Waals surface area (Å²) in [5.41, 5.74) is 5.61. The van der Waals surface area contributed by atoms with Gasteiger partial charge < -0.3 is 4.74 Å². The summed E-state index contributed by atoms with van der Waals surface area (Å²) in [4.78, 5) is 0. The summed E-state index contributed by atoms with van der Waals surface area (Å²) in [6.07, 6.45) is 4.11. The maximum absolute atomic E-state index is 5.61. The van der Waals surface area contributed by atoms with Gasteiger partial charge in [-0.2, -0.15) is 0 Å². The molecule has 0 saturated heterocycles. The van der Waals surface area contributed by atoms with Crippen molar-refractivity contribution in [3.8, 4) is 0 Å². The monoisotopic (exact) mass is 214 g/mol. The average molecular weight is 214 g/mol. The molecular formula is C15H18O. The molecule has 16 heavy (non-hydrogen) atoms. The van der Waals surface area contributed by atoms with Crippen LogP contribution in [-0.2, 0) is 11.3 Å². The molecule has 0 unspecified atom stereocenters. The van der Waals surface area contributed by atoms with E-state index in [0.717, 1.165) is 12.8 Å². The molecule has 0 aromatic heterocycles. The first-order valence-corrected chi connectivity index (χ1v) is 5.74. The van der Waals surface area contributed by atoms with E-state index < -0.39 is 0 Å². The molecule has 84 valence electrons. The molecule has 0 amide bonds. The van der Waals surface area contributed by atoms with Crippen LogP contribution in [0.1, 0.15) is 32.3 Å². The lowest BCUT2D eigenvalue weighted by Gasteiger charge is -2.02. The van der Waals surface area contributed by atoms with Gasteiger partial charge in [-0.05, 0) is 37.8 Å². The largest absolute Gasteiger partial charge is 0.497 e. The first-order valence-electron chi connectivity index (χ1n) is 5.74. The summed E-state index contributed by atoms with van der Waals surface area (Å²) in [6, 6.07) is 10.3. The van der Waals surface area contributed by atoms with E-state index in [4.69, 9.17) is 4.74 Å². The highest BCUT2D eigenvalue weighted by Crippen LogP contribution is 2.29. The normalized spacial score (nSPS) is 15.5. The lowest BCUT2D eigenvalue weighted by molar-refractivity contribution is 0.233. The van der Waals surface area contributed by atoms with Crippen LogP contribution in [0.2, 0.25) is 0 Å². The highest BCUT2D eigenvalue weighted by molar-refractivity contribution is 5.30. The Morgan fingerprint density at radius 3 is 2.31 bits per heavy atom. The van der Waals surface area contributed by atoms with Gasteiger partial charge in [-0.3, -0.25) is 0 Å². The van der Waals surface area contributed by atoms with Crippen molar-refractivity contribution in [3.05, 3.63) is 58.9 Å². The van der Waals surface area contributed by atoms with Crippen molar-refractivity contribution < 1.29 is 4.74 Å². The molecule has 1 aromatic carbocycles. The Kier molecular flexibility index (Phi) is 3.45. The maximum atomic E-state index is 5.61. The minimum Gasteiger partial charge on any atom is -0.497 e. The van der Waals surface area contributed by atoms with Crippen LogP contribution in [0.3, 0.4) is 0 Å². The van der Waals surface area contributed by atoms with Gasteiger partial charge in [0.2, 0.25) is 0 Å². The zero-order chi connectivity index (χ0) is 11.4. The zero-order valence-electron chi connectivity index (χ0n) is 9.99. The van der Waals surface area contributed by atoms with E-state index in [9.17, 15) is 0 Å². The van der Waals surface area contributed by atoms with E-state index in [0.29, 0.717) is 6.61 Å². The van der Waals surface area contributed by atoms with Crippen LogP contribution in [0.25, 0.3) is 0 Å². The molecule has 0 heterocycles. The molecule has 1 aliphatic rings. The standard InChI is InChI=1S/C15H18O/c1-12-8-15(9-13(12)2)11-16-10-14-6-4-3-5-7-14/h3-7,11H,8-10H2,1-2H3. The fourth-order valence-corrected chi connectivity index (χ4v) is 1.96. The average Bonchev–Trinajstić information content (AvgIpc) is 2.60. The van der Waals surface area contributed by atoms with E-state index >= 15 is 0 Å². The second-order valence-corrected chi connectivity index (χ2v) is 4.49.